The SMILES string of the molecule is N#Cc1ccccc1-n1cncc1C1CCNC1. The van der Waals surface area contributed by atoms with Crippen LogP contribution in [0.5, 0.6) is 0 Å². The number of hydrogen-bond donors (Lipinski definition) is 1. The third kappa shape index (κ3) is 1.79. The lowest BCUT2D eigenvalue weighted by molar-refractivity contribution is 0.713. The van der Waals surface area contributed by atoms with Gasteiger partial charge in [0.1, 0.15) is 6.07 Å². The molecule has 2 heterocycles. The highest BCUT2D eigenvalue weighted by molar-refractivity contribution is 5.49. The summed E-state index contributed by atoms with van der Waals surface area (Å²) in [6.45, 7) is 2.04. The lowest BCUT2D eigenvalue weighted by atomic mass is 10.0. The molecule has 3 rings (SSSR count). The summed E-state index contributed by atoms with van der Waals surface area (Å²) in [5, 5.41) is 12.5. The molecule has 18 heavy (non-hydrogen) atoms. The van der Waals surface area contributed by atoms with Gasteiger partial charge in [-0.1, -0.05) is 12.1 Å². The maximum atomic E-state index is 9.18. The van der Waals surface area contributed by atoms with Crippen LogP contribution in [0.1, 0.15) is 23.6 Å². The quantitative estimate of drug-likeness (QED) is 0.868. The molecule has 0 bridgehead atoms. The molecule has 1 saturated heterocycles. The summed E-state index contributed by atoms with van der Waals surface area (Å²) in [6.07, 6.45) is 4.83. The zero-order valence-electron chi connectivity index (χ0n) is 10.0. The van der Waals surface area contributed by atoms with Gasteiger partial charge in [0.15, 0.2) is 0 Å². The van der Waals surface area contributed by atoms with E-state index in [0.717, 1.165) is 25.2 Å². The Balaban J connectivity index is 2.07. The minimum atomic E-state index is 0.485. The van der Waals surface area contributed by atoms with Gasteiger partial charge in [0.2, 0.25) is 0 Å². The van der Waals surface area contributed by atoms with Crippen LogP contribution in [0.3, 0.4) is 0 Å². The maximum Gasteiger partial charge on any atom is 0.101 e. The second-order valence-corrected chi connectivity index (χ2v) is 4.51. The maximum absolute atomic E-state index is 9.18. The van der Waals surface area contributed by atoms with Crippen molar-refractivity contribution in [2.45, 2.75) is 12.3 Å². The number of nitrogens with one attached hydrogen (secondary N) is 1. The minimum absolute atomic E-state index is 0.485. The van der Waals surface area contributed by atoms with E-state index in [1.54, 1.807) is 6.33 Å². The number of imidazole rings is 1. The number of para-hydroxylation sites is 1. The van der Waals surface area contributed by atoms with Gasteiger partial charge in [0.05, 0.1) is 17.6 Å². The fraction of sp³-hybridized carbons (Fsp3) is 0.286. The summed E-state index contributed by atoms with van der Waals surface area (Å²) >= 11 is 0. The van der Waals surface area contributed by atoms with E-state index in [1.165, 1.54) is 5.69 Å². The number of nitriles is 1. The lowest BCUT2D eigenvalue weighted by Gasteiger charge is -2.13. The van der Waals surface area contributed by atoms with Crippen LogP contribution in [-0.4, -0.2) is 22.6 Å². The van der Waals surface area contributed by atoms with E-state index >= 15 is 0 Å². The van der Waals surface area contributed by atoms with Crippen LogP contribution in [-0.2, 0) is 0 Å². The second-order valence-electron chi connectivity index (χ2n) is 4.51. The second kappa shape index (κ2) is 4.63. The van der Waals surface area contributed by atoms with E-state index in [0.29, 0.717) is 11.5 Å². The van der Waals surface area contributed by atoms with Crippen molar-refractivity contribution in [2.75, 3.05) is 13.1 Å². The van der Waals surface area contributed by atoms with Gasteiger partial charge in [-0.15, -0.1) is 0 Å². The number of benzene rings is 1. The summed E-state index contributed by atoms with van der Waals surface area (Å²) in [7, 11) is 0. The van der Waals surface area contributed by atoms with Crippen molar-refractivity contribution in [2.24, 2.45) is 0 Å². The largest absolute Gasteiger partial charge is 0.316 e. The molecule has 1 aliphatic heterocycles. The Bertz CT molecular complexity index is 588. The van der Waals surface area contributed by atoms with Crippen LogP contribution in [0.4, 0.5) is 0 Å². The zero-order valence-corrected chi connectivity index (χ0v) is 10.0. The Labute approximate surface area is 106 Å². The first-order valence-corrected chi connectivity index (χ1v) is 6.12. The highest BCUT2D eigenvalue weighted by Gasteiger charge is 2.21. The number of nitrogens with zero attached hydrogens (tertiary/aromatic N) is 3. The third-order valence-corrected chi connectivity index (χ3v) is 3.43. The molecule has 2 aromatic rings. The Kier molecular flexibility index (Phi) is 2.83. The molecule has 1 atom stereocenters. The molecule has 0 amide bonds. The van der Waals surface area contributed by atoms with Crippen molar-refractivity contribution in [3.8, 4) is 11.8 Å². The number of aromatic nitrogens is 2. The van der Waals surface area contributed by atoms with Crippen LogP contribution >= 0.6 is 0 Å². The standard InChI is InChI=1S/C14H14N4/c15-7-11-3-1-2-4-13(11)18-10-17-9-14(18)12-5-6-16-8-12/h1-4,9-10,12,16H,5-6,8H2. The Morgan fingerprint density at radius 3 is 3.06 bits per heavy atom. The average molecular weight is 238 g/mol. The molecule has 4 heteroatoms. The van der Waals surface area contributed by atoms with Gasteiger partial charge in [-0.25, -0.2) is 4.98 Å². The normalized spacial score (nSPS) is 18.7. The van der Waals surface area contributed by atoms with Crippen molar-refractivity contribution >= 4 is 0 Å². The van der Waals surface area contributed by atoms with Crippen molar-refractivity contribution in [1.29, 1.82) is 5.26 Å². The minimum Gasteiger partial charge on any atom is -0.316 e. The molecular formula is C14H14N4. The fourth-order valence-corrected chi connectivity index (χ4v) is 2.49. The first kappa shape index (κ1) is 11.0. The van der Waals surface area contributed by atoms with E-state index in [4.69, 9.17) is 0 Å². The molecular weight excluding hydrogens is 224 g/mol. The summed E-state index contributed by atoms with van der Waals surface area (Å²) < 4.78 is 2.04. The van der Waals surface area contributed by atoms with E-state index < -0.39 is 0 Å². The summed E-state index contributed by atoms with van der Waals surface area (Å²) in [4.78, 5) is 4.24. The molecule has 0 spiro atoms. The van der Waals surface area contributed by atoms with Gasteiger partial charge in [-0.3, -0.25) is 0 Å². The lowest BCUT2D eigenvalue weighted by Crippen LogP contribution is -2.11. The molecule has 1 aliphatic rings. The topological polar surface area (TPSA) is 53.6 Å². The van der Waals surface area contributed by atoms with Crippen LogP contribution in [0, 0.1) is 11.3 Å². The van der Waals surface area contributed by atoms with Gasteiger partial charge in [-0.05, 0) is 25.1 Å². The Morgan fingerprint density at radius 2 is 2.28 bits per heavy atom. The van der Waals surface area contributed by atoms with Gasteiger partial charge in [-0.2, -0.15) is 5.26 Å². The molecule has 1 aromatic carbocycles. The van der Waals surface area contributed by atoms with E-state index in [-0.39, 0.29) is 0 Å². The van der Waals surface area contributed by atoms with E-state index in [2.05, 4.69) is 16.4 Å². The predicted molar refractivity (Wildman–Crippen MR) is 68.5 cm³/mol. The smallest absolute Gasteiger partial charge is 0.101 e. The third-order valence-electron chi connectivity index (χ3n) is 3.43. The van der Waals surface area contributed by atoms with Crippen molar-refractivity contribution in [1.82, 2.24) is 14.9 Å². The van der Waals surface area contributed by atoms with Gasteiger partial charge >= 0.3 is 0 Å². The van der Waals surface area contributed by atoms with Gasteiger partial charge < -0.3 is 9.88 Å². The number of hydrogen-bond acceptors (Lipinski definition) is 3. The molecule has 0 saturated carbocycles. The Morgan fingerprint density at radius 1 is 1.39 bits per heavy atom. The molecule has 1 aromatic heterocycles. The Hall–Kier alpha value is -2.12. The first-order valence-electron chi connectivity index (χ1n) is 6.12. The molecule has 0 radical (unpaired) electrons. The summed E-state index contributed by atoms with van der Waals surface area (Å²) in [5.41, 5.74) is 2.78. The van der Waals surface area contributed by atoms with Crippen molar-refractivity contribution in [3.05, 3.63) is 48.0 Å². The van der Waals surface area contributed by atoms with Crippen molar-refractivity contribution in [3.63, 3.8) is 0 Å². The van der Waals surface area contributed by atoms with Crippen LogP contribution in [0.25, 0.3) is 5.69 Å². The monoisotopic (exact) mass is 238 g/mol. The number of rotatable bonds is 2. The molecule has 1 N–H and O–H groups in total. The average Bonchev–Trinajstić information content (AvgIpc) is 3.09. The zero-order chi connectivity index (χ0) is 12.4. The highest BCUT2D eigenvalue weighted by atomic mass is 15.1. The van der Waals surface area contributed by atoms with Crippen LogP contribution in [0.2, 0.25) is 0 Å². The predicted octanol–water partition coefficient (Wildman–Crippen LogP) is 1.82. The highest BCUT2D eigenvalue weighted by Crippen LogP contribution is 2.25. The van der Waals surface area contributed by atoms with E-state index in [9.17, 15) is 5.26 Å². The summed E-state index contributed by atoms with van der Waals surface area (Å²) in [5.74, 6) is 0.485. The molecule has 1 fully saturated rings. The molecule has 90 valence electrons. The van der Waals surface area contributed by atoms with Crippen molar-refractivity contribution < 1.29 is 0 Å². The molecule has 4 nitrogen and oxygen atoms in total. The molecule has 0 aliphatic carbocycles. The van der Waals surface area contributed by atoms with Gasteiger partial charge in [0, 0.05) is 24.4 Å². The summed E-state index contributed by atoms with van der Waals surface area (Å²) in [6, 6.07) is 9.88. The fourth-order valence-electron chi connectivity index (χ4n) is 2.49. The van der Waals surface area contributed by atoms with Gasteiger partial charge in [0.25, 0.3) is 0 Å². The van der Waals surface area contributed by atoms with Crippen LogP contribution in [0.15, 0.2) is 36.8 Å². The molecule has 1 unspecified atom stereocenters. The van der Waals surface area contributed by atoms with Crippen LogP contribution < -0.4 is 5.32 Å². The van der Waals surface area contributed by atoms with E-state index in [1.807, 2.05) is 35.0 Å². The first-order chi connectivity index (χ1) is 8.90.